The van der Waals surface area contributed by atoms with Crippen molar-refractivity contribution in [3.8, 4) is 16.9 Å². The van der Waals surface area contributed by atoms with Gasteiger partial charge in [-0.25, -0.2) is 13.9 Å². The third-order valence-electron chi connectivity index (χ3n) is 5.71. The van der Waals surface area contributed by atoms with E-state index in [1.54, 1.807) is 7.11 Å². The number of sulfone groups is 1. The van der Waals surface area contributed by atoms with E-state index >= 15 is 0 Å². The van der Waals surface area contributed by atoms with Crippen LogP contribution in [-0.4, -0.2) is 62.7 Å². The van der Waals surface area contributed by atoms with Crippen LogP contribution in [0.15, 0.2) is 53.7 Å². The van der Waals surface area contributed by atoms with E-state index in [1.165, 1.54) is 12.4 Å². The van der Waals surface area contributed by atoms with Gasteiger partial charge in [0.25, 0.3) is 5.91 Å². The maximum absolute atomic E-state index is 12.2. The number of methoxy groups -OCH3 is 1. The summed E-state index contributed by atoms with van der Waals surface area (Å²) < 4.78 is 33.1. The molecule has 1 heterocycles. The summed E-state index contributed by atoms with van der Waals surface area (Å²) in [6.07, 6.45) is 0.553. The predicted molar refractivity (Wildman–Crippen MR) is 123 cm³/mol. The van der Waals surface area contributed by atoms with Crippen LogP contribution in [0.3, 0.4) is 0 Å². The van der Waals surface area contributed by atoms with Gasteiger partial charge in [-0.2, -0.15) is 0 Å². The predicted octanol–water partition coefficient (Wildman–Crippen LogP) is 2.57. The fourth-order valence-corrected chi connectivity index (χ4v) is 4.39. The molecule has 3 rings (SSSR count). The van der Waals surface area contributed by atoms with Gasteiger partial charge in [0.05, 0.1) is 12.3 Å². The number of hydroxylamine groups is 1. The van der Waals surface area contributed by atoms with Crippen LogP contribution >= 0.6 is 0 Å². The molecule has 0 radical (unpaired) electrons. The van der Waals surface area contributed by atoms with E-state index in [0.29, 0.717) is 25.3 Å². The number of ether oxygens (including phenoxy) is 2. The number of carbonyl (C=O) groups is 1. The first kappa shape index (κ1) is 24.7. The average Bonchev–Trinajstić information content (AvgIpc) is 3.26. The van der Waals surface area contributed by atoms with Gasteiger partial charge in [-0.05, 0) is 35.7 Å². The molecule has 0 aliphatic carbocycles. The van der Waals surface area contributed by atoms with E-state index < -0.39 is 26.6 Å². The van der Waals surface area contributed by atoms with E-state index in [2.05, 4.69) is 5.16 Å². The van der Waals surface area contributed by atoms with Crippen LogP contribution in [0, 0.1) is 0 Å². The van der Waals surface area contributed by atoms with Gasteiger partial charge in [0.1, 0.15) is 18.5 Å². The molecule has 10 heteroatoms. The number of nitrogens with one attached hydrogen (secondary N) is 1. The summed E-state index contributed by atoms with van der Waals surface area (Å²) in [6, 6.07) is 15.5. The Labute approximate surface area is 193 Å². The lowest BCUT2D eigenvalue weighted by Crippen LogP contribution is -2.51. The SMILES string of the molecule is COCCOc1ccc(-c2ccc(C3=NO[C@@H](C[C@](C)(C(=O)NO)S(C)(=O)=O)C3)cc2)cc1. The van der Waals surface area contributed by atoms with E-state index in [9.17, 15) is 13.2 Å². The fraction of sp³-hybridized carbons (Fsp3) is 0.391. The molecule has 0 unspecified atom stereocenters. The number of amides is 1. The number of rotatable bonds is 10. The summed E-state index contributed by atoms with van der Waals surface area (Å²) in [6.45, 7) is 2.28. The molecule has 0 saturated heterocycles. The quantitative estimate of drug-likeness (QED) is 0.307. The van der Waals surface area contributed by atoms with Crippen molar-refractivity contribution in [1.29, 1.82) is 0 Å². The summed E-state index contributed by atoms with van der Waals surface area (Å²) in [5.74, 6) is -0.228. The molecule has 2 N–H and O–H groups in total. The number of benzene rings is 2. The standard InChI is InChI=1S/C23H28N2O7S/c1-23(22(26)24-27,33(3,28)29)15-20-14-21(25-32-20)18-6-4-16(5-7-18)17-8-10-19(11-9-17)31-13-12-30-2/h4-11,20,27H,12-15H2,1-3H3,(H,24,26)/t20-,23-/m1/s1. The Morgan fingerprint density at radius 1 is 1.12 bits per heavy atom. The van der Waals surface area contributed by atoms with Crippen molar-refractivity contribution < 1.29 is 32.7 Å². The highest BCUT2D eigenvalue weighted by molar-refractivity contribution is 7.92. The van der Waals surface area contributed by atoms with Crippen LogP contribution in [0.1, 0.15) is 25.3 Å². The van der Waals surface area contributed by atoms with E-state index in [-0.39, 0.29) is 6.42 Å². The summed E-state index contributed by atoms with van der Waals surface area (Å²) in [5.41, 5.74) is 4.99. The highest BCUT2D eigenvalue weighted by Gasteiger charge is 2.47. The lowest BCUT2D eigenvalue weighted by atomic mass is 9.95. The molecule has 0 spiro atoms. The first-order valence-corrected chi connectivity index (χ1v) is 12.3. The van der Waals surface area contributed by atoms with E-state index in [0.717, 1.165) is 28.7 Å². The lowest BCUT2D eigenvalue weighted by Gasteiger charge is -2.26. The van der Waals surface area contributed by atoms with Gasteiger partial charge in [-0.15, -0.1) is 0 Å². The first-order valence-electron chi connectivity index (χ1n) is 10.4. The van der Waals surface area contributed by atoms with Gasteiger partial charge in [-0.3, -0.25) is 10.0 Å². The van der Waals surface area contributed by atoms with Crippen LogP contribution in [0.5, 0.6) is 5.75 Å². The zero-order valence-corrected chi connectivity index (χ0v) is 19.6. The summed E-state index contributed by atoms with van der Waals surface area (Å²) >= 11 is 0. The molecule has 2 aromatic rings. The van der Waals surface area contributed by atoms with E-state index in [4.69, 9.17) is 19.5 Å². The number of oxime groups is 1. The van der Waals surface area contributed by atoms with Crippen LogP contribution in [0.2, 0.25) is 0 Å². The molecule has 1 amide bonds. The Morgan fingerprint density at radius 2 is 1.70 bits per heavy atom. The Kier molecular flexibility index (Phi) is 7.72. The van der Waals surface area contributed by atoms with Gasteiger partial charge < -0.3 is 14.3 Å². The molecular formula is C23H28N2O7S. The van der Waals surface area contributed by atoms with Gasteiger partial charge in [0, 0.05) is 26.2 Å². The normalized spacial score (nSPS) is 17.6. The monoisotopic (exact) mass is 476 g/mol. The third-order valence-corrected chi connectivity index (χ3v) is 7.70. The summed E-state index contributed by atoms with van der Waals surface area (Å²) in [7, 11) is -2.18. The minimum Gasteiger partial charge on any atom is -0.491 e. The molecule has 0 bridgehead atoms. The molecule has 0 aromatic heterocycles. The van der Waals surface area contributed by atoms with Crippen molar-refractivity contribution in [3.63, 3.8) is 0 Å². The molecule has 9 nitrogen and oxygen atoms in total. The van der Waals surface area contributed by atoms with E-state index in [1.807, 2.05) is 48.5 Å². The second kappa shape index (κ2) is 10.3. The van der Waals surface area contributed by atoms with Crippen LogP contribution in [-0.2, 0) is 24.2 Å². The maximum Gasteiger partial charge on any atom is 0.264 e. The van der Waals surface area contributed by atoms with Gasteiger partial charge >= 0.3 is 0 Å². The van der Waals surface area contributed by atoms with Crippen LogP contribution < -0.4 is 10.2 Å². The van der Waals surface area contributed by atoms with Crippen LogP contribution in [0.25, 0.3) is 11.1 Å². The van der Waals surface area contributed by atoms with Crippen LogP contribution in [0.4, 0.5) is 0 Å². The largest absolute Gasteiger partial charge is 0.491 e. The molecule has 0 fully saturated rings. The molecule has 2 aromatic carbocycles. The highest BCUT2D eigenvalue weighted by Crippen LogP contribution is 2.30. The smallest absolute Gasteiger partial charge is 0.264 e. The van der Waals surface area contributed by atoms with Crippen molar-refractivity contribution >= 4 is 21.5 Å². The number of nitrogens with zero attached hydrogens (tertiary/aromatic N) is 1. The maximum atomic E-state index is 12.2. The molecule has 0 saturated carbocycles. The average molecular weight is 477 g/mol. The van der Waals surface area contributed by atoms with Gasteiger partial charge in [-0.1, -0.05) is 41.6 Å². The second-order valence-corrected chi connectivity index (χ2v) is 10.5. The first-order chi connectivity index (χ1) is 15.7. The number of carbonyl (C=O) groups excluding carboxylic acids is 1. The second-order valence-electron chi connectivity index (χ2n) is 8.06. The minimum absolute atomic E-state index is 0.137. The molecule has 1 aliphatic rings. The van der Waals surface area contributed by atoms with Gasteiger partial charge in [0.2, 0.25) is 0 Å². The van der Waals surface area contributed by atoms with Crippen molar-refractivity contribution in [2.75, 3.05) is 26.6 Å². The Hall–Kier alpha value is -2.95. The van der Waals surface area contributed by atoms with Crippen molar-refractivity contribution in [2.45, 2.75) is 30.6 Å². The molecular weight excluding hydrogens is 448 g/mol. The fourth-order valence-electron chi connectivity index (χ4n) is 3.52. The molecule has 2 atom stereocenters. The Morgan fingerprint density at radius 3 is 2.24 bits per heavy atom. The zero-order chi connectivity index (χ0) is 24.1. The topological polar surface area (TPSA) is 124 Å². The Balaban J connectivity index is 1.64. The zero-order valence-electron chi connectivity index (χ0n) is 18.8. The number of hydrogen-bond donors (Lipinski definition) is 2. The van der Waals surface area contributed by atoms with Crippen molar-refractivity contribution in [1.82, 2.24) is 5.48 Å². The van der Waals surface area contributed by atoms with Gasteiger partial charge in [0.15, 0.2) is 14.6 Å². The number of hydrogen-bond acceptors (Lipinski definition) is 8. The molecule has 1 aliphatic heterocycles. The van der Waals surface area contributed by atoms with Crippen molar-refractivity contribution in [3.05, 3.63) is 54.1 Å². The molecule has 33 heavy (non-hydrogen) atoms. The molecule has 178 valence electrons. The third kappa shape index (κ3) is 5.70. The lowest BCUT2D eigenvalue weighted by molar-refractivity contribution is -0.132. The van der Waals surface area contributed by atoms with Crippen molar-refractivity contribution in [2.24, 2.45) is 5.16 Å². The highest BCUT2D eigenvalue weighted by atomic mass is 32.2. The minimum atomic E-state index is -3.81. The summed E-state index contributed by atoms with van der Waals surface area (Å²) in [4.78, 5) is 17.4. The summed E-state index contributed by atoms with van der Waals surface area (Å²) in [5, 5.41) is 13.1. The Bertz CT molecular complexity index is 1100.